The molecule has 0 spiro atoms. The second-order valence-corrected chi connectivity index (χ2v) is 5.26. The van der Waals surface area contributed by atoms with Crippen molar-refractivity contribution in [1.29, 1.82) is 0 Å². The van der Waals surface area contributed by atoms with Crippen molar-refractivity contribution in [2.75, 3.05) is 0 Å². The minimum absolute atomic E-state index is 0.156. The lowest BCUT2D eigenvalue weighted by Crippen LogP contribution is -2.12. The maximum absolute atomic E-state index is 11.9. The molecule has 0 radical (unpaired) electrons. The molecule has 1 atom stereocenters. The Morgan fingerprint density at radius 1 is 1.11 bits per heavy atom. The van der Waals surface area contributed by atoms with E-state index < -0.39 is 0 Å². The van der Waals surface area contributed by atoms with E-state index in [1.54, 1.807) is 0 Å². The van der Waals surface area contributed by atoms with Crippen LogP contribution in [0.2, 0.25) is 0 Å². The molecule has 0 saturated heterocycles. The quantitative estimate of drug-likeness (QED) is 0.625. The van der Waals surface area contributed by atoms with Crippen LogP contribution in [-0.2, 0) is 11.2 Å². The number of hydrogen-bond donors (Lipinski definition) is 0. The molecule has 2 nitrogen and oxygen atoms in total. The maximum Gasteiger partial charge on any atom is 0.319 e. The highest BCUT2D eigenvalue weighted by atomic mass is 79.9. The first-order valence-corrected chi connectivity index (χ1v) is 6.58. The van der Waals surface area contributed by atoms with Gasteiger partial charge in [0.15, 0.2) is 0 Å². The van der Waals surface area contributed by atoms with Gasteiger partial charge in [-0.15, -0.1) is 0 Å². The van der Waals surface area contributed by atoms with Crippen LogP contribution in [0.5, 0.6) is 5.75 Å². The Balaban J connectivity index is 1.91. The van der Waals surface area contributed by atoms with Crippen LogP contribution in [-0.4, -0.2) is 5.97 Å². The van der Waals surface area contributed by atoms with Gasteiger partial charge in [-0.1, -0.05) is 46.3 Å². The normalized spacial score (nSPS) is 17.4. The standard InChI is InChI=1S/C15H11BrO2/c16-11-5-3-4-10(8-11)9-13-12-6-1-2-7-14(12)18-15(13)17/h1-8,13H,9H2. The van der Waals surface area contributed by atoms with Gasteiger partial charge in [0, 0.05) is 10.0 Å². The summed E-state index contributed by atoms with van der Waals surface area (Å²) in [7, 11) is 0. The molecule has 1 unspecified atom stereocenters. The van der Waals surface area contributed by atoms with Gasteiger partial charge >= 0.3 is 5.97 Å². The SMILES string of the molecule is O=C1Oc2ccccc2C1Cc1cccc(Br)c1. The van der Waals surface area contributed by atoms with Crippen LogP contribution >= 0.6 is 15.9 Å². The fourth-order valence-corrected chi connectivity index (χ4v) is 2.71. The molecule has 18 heavy (non-hydrogen) atoms. The zero-order valence-electron chi connectivity index (χ0n) is 9.60. The Morgan fingerprint density at radius 2 is 1.94 bits per heavy atom. The summed E-state index contributed by atoms with van der Waals surface area (Å²) in [5, 5.41) is 0. The summed E-state index contributed by atoms with van der Waals surface area (Å²) in [5.41, 5.74) is 2.12. The highest BCUT2D eigenvalue weighted by Crippen LogP contribution is 2.36. The van der Waals surface area contributed by atoms with Gasteiger partial charge in [0.1, 0.15) is 5.75 Å². The summed E-state index contributed by atoms with van der Waals surface area (Å²) in [4.78, 5) is 11.9. The van der Waals surface area contributed by atoms with Crippen molar-refractivity contribution < 1.29 is 9.53 Å². The van der Waals surface area contributed by atoms with Gasteiger partial charge in [0.2, 0.25) is 0 Å². The Kier molecular flexibility index (Phi) is 2.92. The molecule has 0 aromatic heterocycles. The van der Waals surface area contributed by atoms with Crippen LogP contribution in [0, 0.1) is 0 Å². The van der Waals surface area contributed by atoms with Gasteiger partial charge in [0.05, 0.1) is 5.92 Å². The van der Waals surface area contributed by atoms with E-state index in [0.29, 0.717) is 12.2 Å². The number of carbonyl (C=O) groups excluding carboxylic acids is 1. The number of para-hydroxylation sites is 1. The molecular formula is C15H11BrO2. The second-order valence-electron chi connectivity index (χ2n) is 4.35. The summed E-state index contributed by atoms with van der Waals surface area (Å²) in [6.07, 6.45) is 0.676. The Morgan fingerprint density at radius 3 is 2.78 bits per heavy atom. The van der Waals surface area contributed by atoms with Crippen molar-refractivity contribution in [3.8, 4) is 5.75 Å². The lowest BCUT2D eigenvalue weighted by molar-refractivity contribution is -0.134. The van der Waals surface area contributed by atoms with E-state index in [0.717, 1.165) is 15.6 Å². The summed E-state index contributed by atoms with van der Waals surface area (Å²) in [5.74, 6) is 0.356. The lowest BCUT2D eigenvalue weighted by Gasteiger charge is -2.07. The average molecular weight is 303 g/mol. The third-order valence-electron chi connectivity index (χ3n) is 3.12. The molecule has 2 aromatic carbocycles. The fraction of sp³-hybridized carbons (Fsp3) is 0.133. The number of esters is 1. The van der Waals surface area contributed by atoms with E-state index in [4.69, 9.17) is 4.74 Å². The Bertz CT molecular complexity index is 607. The fourth-order valence-electron chi connectivity index (χ4n) is 2.26. The van der Waals surface area contributed by atoms with Crippen molar-refractivity contribution in [2.45, 2.75) is 12.3 Å². The van der Waals surface area contributed by atoms with Crippen molar-refractivity contribution in [2.24, 2.45) is 0 Å². The lowest BCUT2D eigenvalue weighted by atomic mass is 9.93. The monoisotopic (exact) mass is 302 g/mol. The zero-order chi connectivity index (χ0) is 12.5. The highest BCUT2D eigenvalue weighted by molar-refractivity contribution is 9.10. The van der Waals surface area contributed by atoms with Crippen molar-refractivity contribution in [3.63, 3.8) is 0 Å². The minimum Gasteiger partial charge on any atom is -0.426 e. The summed E-state index contributed by atoms with van der Waals surface area (Å²) in [6, 6.07) is 15.6. The molecule has 0 amide bonds. The summed E-state index contributed by atoms with van der Waals surface area (Å²) >= 11 is 3.44. The van der Waals surface area contributed by atoms with Gasteiger partial charge in [0.25, 0.3) is 0 Å². The molecule has 0 fully saturated rings. The van der Waals surface area contributed by atoms with Gasteiger partial charge in [-0.25, -0.2) is 0 Å². The second kappa shape index (κ2) is 4.58. The van der Waals surface area contributed by atoms with E-state index in [2.05, 4.69) is 15.9 Å². The highest BCUT2D eigenvalue weighted by Gasteiger charge is 2.32. The molecule has 1 aliphatic rings. The number of rotatable bonds is 2. The Hall–Kier alpha value is -1.61. The van der Waals surface area contributed by atoms with E-state index in [1.165, 1.54) is 0 Å². The molecule has 0 N–H and O–H groups in total. The molecule has 0 aliphatic carbocycles. The van der Waals surface area contributed by atoms with Crippen LogP contribution in [0.25, 0.3) is 0 Å². The first-order chi connectivity index (χ1) is 8.74. The van der Waals surface area contributed by atoms with Crippen molar-refractivity contribution in [3.05, 3.63) is 64.1 Å². The van der Waals surface area contributed by atoms with Crippen LogP contribution in [0.4, 0.5) is 0 Å². The van der Waals surface area contributed by atoms with Gasteiger partial charge in [-0.3, -0.25) is 4.79 Å². The third kappa shape index (κ3) is 2.06. The number of ether oxygens (including phenoxy) is 1. The molecule has 0 saturated carbocycles. The number of fused-ring (bicyclic) bond motifs is 1. The van der Waals surface area contributed by atoms with Crippen LogP contribution < -0.4 is 4.74 Å². The molecule has 0 bridgehead atoms. The van der Waals surface area contributed by atoms with Gasteiger partial charge in [-0.2, -0.15) is 0 Å². The van der Waals surface area contributed by atoms with Crippen molar-refractivity contribution in [1.82, 2.24) is 0 Å². The van der Waals surface area contributed by atoms with E-state index in [1.807, 2.05) is 48.5 Å². The van der Waals surface area contributed by atoms with E-state index in [-0.39, 0.29) is 11.9 Å². The summed E-state index contributed by atoms with van der Waals surface area (Å²) in [6.45, 7) is 0. The topological polar surface area (TPSA) is 26.3 Å². The first kappa shape index (κ1) is 11.5. The number of carbonyl (C=O) groups is 1. The third-order valence-corrected chi connectivity index (χ3v) is 3.61. The Labute approximate surface area is 114 Å². The molecule has 1 aliphatic heterocycles. The van der Waals surface area contributed by atoms with E-state index >= 15 is 0 Å². The molecule has 3 heteroatoms. The average Bonchev–Trinajstić information content (AvgIpc) is 2.66. The van der Waals surface area contributed by atoms with Crippen LogP contribution in [0.1, 0.15) is 17.0 Å². The largest absolute Gasteiger partial charge is 0.426 e. The smallest absolute Gasteiger partial charge is 0.319 e. The van der Waals surface area contributed by atoms with E-state index in [9.17, 15) is 4.79 Å². The molecule has 1 heterocycles. The van der Waals surface area contributed by atoms with Gasteiger partial charge < -0.3 is 4.74 Å². The predicted molar refractivity (Wildman–Crippen MR) is 72.7 cm³/mol. The number of halogens is 1. The van der Waals surface area contributed by atoms with Crippen LogP contribution in [0.3, 0.4) is 0 Å². The molecule has 3 rings (SSSR count). The maximum atomic E-state index is 11.9. The molecule has 2 aromatic rings. The minimum atomic E-state index is -0.185. The number of hydrogen-bond acceptors (Lipinski definition) is 2. The predicted octanol–water partition coefficient (Wildman–Crippen LogP) is 3.69. The summed E-state index contributed by atoms with van der Waals surface area (Å²) < 4.78 is 6.30. The van der Waals surface area contributed by atoms with Gasteiger partial charge in [-0.05, 0) is 30.2 Å². The molecular weight excluding hydrogens is 292 g/mol. The zero-order valence-corrected chi connectivity index (χ0v) is 11.2. The number of benzene rings is 2. The van der Waals surface area contributed by atoms with Crippen molar-refractivity contribution >= 4 is 21.9 Å². The first-order valence-electron chi connectivity index (χ1n) is 5.79. The molecule has 90 valence electrons. The van der Waals surface area contributed by atoms with Crippen LogP contribution in [0.15, 0.2) is 53.0 Å².